The van der Waals surface area contributed by atoms with Crippen molar-refractivity contribution in [2.24, 2.45) is 0 Å². The number of alkyl halides is 6. The zero-order valence-corrected chi connectivity index (χ0v) is 14.6. The van der Waals surface area contributed by atoms with E-state index in [2.05, 4.69) is 0 Å². The third-order valence-electron chi connectivity index (χ3n) is 4.13. The maximum absolute atomic E-state index is 13.0. The molecule has 0 aliphatic carbocycles. The lowest BCUT2D eigenvalue weighted by molar-refractivity contribution is -0.167. The highest BCUT2D eigenvalue weighted by atomic mass is 19.4. The van der Waals surface area contributed by atoms with E-state index in [1.807, 2.05) is 0 Å². The van der Waals surface area contributed by atoms with Gasteiger partial charge in [-0.2, -0.15) is 26.3 Å². The highest BCUT2D eigenvalue weighted by Gasteiger charge is 2.39. The average molecular weight is 409 g/mol. The van der Waals surface area contributed by atoms with Crippen LogP contribution in [0.1, 0.15) is 5.56 Å². The average Bonchev–Trinajstić information content (AvgIpc) is 2.67. The Kier molecular flexibility index (Phi) is 5.37. The van der Waals surface area contributed by atoms with Gasteiger partial charge >= 0.3 is 18.3 Å². The predicted molar refractivity (Wildman–Crippen MR) is 97.0 cm³/mol. The molecule has 1 N–H and O–H groups in total. The van der Waals surface area contributed by atoms with E-state index in [1.165, 1.54) is 18.2 Å². The fourth-order valence-electron chi connectivity index (χ4n) is 2.77. The van der Waals surface area contributed by atoms with Crippen molar-refractivity contribution in [1.82, 2.24) is 0 Å². The van der Waals surface area contributed by atoms with E-state index in [9.17, 15) is 31.1 Å². The van der Waals surface area contributed by atoms with Gasteiger partial charge < -0.3 is 5.32 Å². The van der Waals surface area contributed by atoms with Crippen LogP contribution >= 0.6 is 0 Å². The predicted octanol–water partition coefficient (Wildman–Crippen LogP) is 6.54. The Labute approximate surface area is 161 Å². The van der Waals surface area contributed by atoms with Crippen LogP contribution < -0.4 is 5.32 Å². The first-order valence-corrected chi connectivity index (χ1v) is 8.31. The topological polar surface area (TPSA) is 29.1 Å². The first-order chi connectivity index (χ1) is 13.6. The van der Waals surface area contributed by atoms with Gasteiger partial charge in [0.05, 0.1) is 5.56 Å². The Morgan fingerprint density at radius 2 is 1.34 bits per heavy atom. The molecular formula is C21H13F6NO. The molecule has 0 spiro atoms. The SMILES string of the molecule is O=C(Nc1cc(-c2ccccc2)ccc1-c1cccc(C(F)(F)F)c1)C(F)(F)F. The van der Waals surface area contributed by atoms with Crippen molar-refractivity contribution in [1.29, 1.82) is 0 Å². The molecule has 0 atom stereocenters. The van der Waals surface area contributed by atoms with Crippen LogP contribution in [0.25, 0.3) is 22.3 Å². The number of carbonyl (C=O) groups is 1. The number of halogens is 6. The van der Waals surface area contributed by atoms with E-state index >= 15 is 0 Å². The summed E-state index contributed by atoms with van der Waals surface area (Å²) in [6, 6.07) is 17.0. The Morgan fingerprint density at radius 1 is 0.690 bits per heavy atom. The number of nitrogens with one attached hydrogen (secondary N) is 1. The number of amides is 1. The van der Waals surface area contributed by atoms with E-state index in [1.54, 1.807) is 41.7 Å². The Morgan fingerprint density at radius 3 is 1.97 bits per heavy atom. The molecule has 0 radical (unpaired) electrons. The van der Waals surface area contributed by atoms with Crippen molar-refractivity contribution >= 4 is 11.6 Å². The summed E-state index contributed by atoms with van der Waals surface area (Å²) in [5.74, 6) is -2.21. The van der Waals surface area contributed by atoms with Crippen molar-refractivity contribution in [3.63, 3.8) is 0 Å². The summed E-state index contributed by atoms with van der Waals surface area (Å²) in [7, 11) is 0. The number of benzene rings is 3. The first kappa shape index (κ1) is 20.4. The smallest absolute Gasteiger partial charge is 0.318 e. The quantitative estimate of drug-likeness (QED) is 0.489. The second-order valence-electron chi connectivity index (χ2n) is 6.16. The number of rotatable bonds is 3. The molecule has 0 aromatic heterocycles. The van der Waals surface area contributed by atoms with Crippen LogP contribution in [-0.2, 0) is 11.0 Å². The molecule has 0 heterocycles. The Bertz CT molecular complexity index is 1030. The van der Waals surface area contributed by atoms with Gasteiger partial charge in [0.1, 0.15) is 0 Å². The monoisotopic (exact) mass is 409 g/mol. The molecule has 0 saturated carbocycles. The summed E-state index contributed by atoms with van der Waals surface area (Å²) >= 11 is 0. The van der Waals surface area contributed by atoms with Gasteiger partial charge in [-0.25, -0.2) is 0 Å². The van der Waals surface area contributed by atoms with E-state index < -0.39 is 23.8 Å². The molecule has 0 bridgehead atoms. The second kappa shape index (κ2) is 7.62. The third-order valence-corrected chi connectivity index (χ3v) is 4.13. The lowest BCUT2D eigenvalue weighted by Crippen LogP contribution is -2.30. The van der Waals surface area contributed by atoms with Gasteiger partial charge in [-0.15, -0.1) is 0 Å². The molecule has 1 amide bonds. The molecule has 3 aromatic rings. The summed E-state index contributed by atoms with van der Waals surface area (Å²) < 4.78 is 77.3. The molecule has 8 heteroatoms. The molecule has 0 fully saturated rings. The molecule has 0 saturated heterocycles. The second-order valence-corrected chi connectivity index (χ2v) is 6.16. The van der Waals surface area contributed by atoms with Gasteiger partial charge in [0, 0.05) is 11.3 Å². The minimum absolute atomic E-state index is 0.0249. The summed E-state index contributed by atoms with van der Waals surface area (Å²) in [5.41, 5.74) is 0.0397. The molecule has 150 valence electrons. The number of anilines is 1. The molecular weight excluding hydrogens is 396 g/mol. The minimum Gasteiger partial charge on any atom is -0.318 e. The molecule has 3 aromatic carbocycles. The van der Waals surface area contributed by atoms with Crippen LogP contribution in [0.2, 0.25) is 0 Å². The Balaban J connectivity index is 2.12. The summed E-state index contributed by atoms with van der Waals surface area (Å²) in [4.78, 5) is 11.5. The van der Waals surface area contributed by atoms with Crippen LogP contribution in [0.5, 0.6) is 0 Å². The minimum atomic E-state index is -5.15. The van der Waals surface area contributed by atoms with Crippen molar-refractivity contribution in [3.05, 3.63) is 78.4 Å². The standard InChI is InChI=1S/C21H13F6NO/c22-20(23,24)16-8-4-7-15(11-16)17-10-9-14(13-5-2-1-3-6-13)12-18(17)28-19(29)21(25,26)27/h1-12H,(H,28,29). The summed E-state index contributed by atoms with van der Waals surface area (Å²) in [5, 5.41) is 1.77. The van der Waals surface area contributed by atoms with E-state index in [0.29, 0.717) is 11.1 Å². The van der Waals surface area contributed by atoms with Crippen LogP contribution in [-0.4, -0.2) is 12.1 Å². The van der Waals surface area contributed by atoms with Crippen LogP contribution in [0, 0.1) is 0 Å². The summed E-state index contributed by atoms with van der Waals surface area (Å²) in [6.07, 6.45) is -9.76. The zero-order valence-electron chi connectivity index (χ0n) is 14.6. The van der Waals surface area contributed by atoms with Crippen molar-refractivity contribution in [2.75, 3.05) is 5.32 Å². The maximum atomic E-state index is 13.0. The molecule has 0 unspecified atom stereocenters. The molecule has 0 aliphatic rings. The zero-order chi connectivity index (χ0) is 21.2. The van der Waals surface area contributed by atoms with Gasteiger partial charge in [0.2, 0.25) is 0 Å². The fourth-order valence-corrected chi connectivity index (χ4v) is 2.77. The van der Waals surface area contributed by atoms with Gasteiger partial charge in [-0.3, -0.25) is 4.79 Å². The lowest BCUT2D eigenvalue weighted by Gasteiger charge is -2.16. The lowest BCUT2D eigenvalue weighted by atomic mass is 9.97. The Hall–Kier alpha value is -3.29. The number of hydrogen-bond donors (Lipinski definition) is 1. The fraction of sp³-hybridized carbons (Fsp3) is 0.0952. The van der Waals surface area contributed by atoms with Crippen LogP contribution in [0.15, 0.2) is 72.8 Å². The van der Waals surface area contributed by atoms with Gasteiger partial charge in [0.15, 0.2) is 0 Å². The van der Waals surface area contributed by atoms with Crippen molar-refractivity contribution in [2.45, 2.75) is 12.4 Å². The van der Waals surface area contributed by atoms with E-state index in [4.69, 9.17) is 0 Å². The van der Waals surface area contributed by atoms with Gasteiger partial charge in [-0.1, -0.05) is 54.6 Å². The summed E-state index contributed by atoms with van der Waals surface area (Å²) in [6.45, 7) is 0. The number of hydrogen-bond acceptors (Lipinski definition) is 1. The van der Waals surface area contributed by atoms with Crippen LogP contribution in [0.4, 0.5) is 32.0 Å². The van der Waals surface area contributed by atoms with Crippen molar-refractivity contribution in [3.8, 4) is 22.3 Å². The van der Waals surface area contributed by atoms with E-state index in [-0.39, 0.29) is 16.8 Å². The maximum Gasteiger partial charge on any atom is 0.471 e. The van der Waals surface area contributed by atoms with Crippen LogP contribution in [0.3, 0.4) is 0 Å². The third kappa shape index (κ3) is 4.77. The van der Waals surface area contributed by atoms with E-state index in [0.717, 1.165) is 18.2 Å². The first-order valence-electron chi connectivity index (χ1n) is 8.31. The number of carbonyl (C=O) groups excluding carboxylic acids is 1. The van der Waals surface area contributed by atoms with Gasteiger partial charge in [-0.05, 0) is 34.9 Å². The highest BCUT2D eigenvalue weighted by molar-refractivity contribution is 5.99. The highest BCUT2D eigenvalue weighted by Crippen LogP contribution is 2.37. The normalized spacial score (nSPS) is 11.9. The molecule has 0 aliphatic heterocycles. The van der Waals surface area contributed by atoms with Crippen molar-refractivity contribution < 1.29 is 31.1 Å². The molecule has 3 rings (SSSR count). The molecule has 29 heavy (non-hydrogen) atoms. The van der Waals surface area contributed by atoms with Gasteiger partial charge in [0.25, 0.3) is 0 Å². The largest absolute Gasteiger partial charge is 0.471 e. The molecule has 2 nitrogen and oxygen atoms in total.